The predicted molar refractivity (Wildman–Crippen MR) is 53.7 cm³/mol. The summed E-state index contributed by atoms with van der Waals surface area (Å²) < 4.78 is 0. The number of hydrogen-bond donors (Lipinski definition) is 2. The van der Waals surface area contributed by atoms with Crippen LogP contribution in [0.4, 0.5) is 0 Å². The molecule has 5 nitrogen and oxygen atoms in total. The Morgan fingerprint density at radius 1 is 1.79 bits per heavy atom. The number of nitrogens with zero attached hydrogens (tertiary/aromatic N) is 1. The summed E-state index contributed by atoms with van der Waals surface area (Å²) in [6.45, 7) is 6.73. The minimum Gasteiger partial charge on any atom is -0.316 e. The molecule has 0 rings (SSSR count). The van der Waals surface area contributed by atoms with E-state index < -0.39 is 16.5 Å². The summed E-state index contributed by atoms with van der Waals surface area (Å²) >= 11 is 0. The Kier molecular flexibility index (Phi) is 5.04. The first kappa shape index (κ1) is 12.8. The average molecular weight is 200 g/mol. The highest BCUT2D eigenvalue weighted by Crippen LogP contribution is 2.11. The molecule has 80 valence electrons. The van der Waals surface area contributed by atoms with E-state index in [0.29, 0.717) is 6.42 Å². The van der Waals surface area contributed by atoms with Crippen LogP contribution in [0.3, 0.4) is 0 Å². The molecule has 0 bridgehead atoms. The Morgan fingerprint density at radius 2 is 2.36 bits per heavy atom. The van der Waals surface area contributed by atoms with Gasteiger partial charge < -0.3 is 5.21 Å². The standard InChI is InChI=1S/C9H16N2O3/c1-4-6-9(3,10-12)7-5-8(2)11(13)14/h4-5,7-8,10,12H,1,6H2,2-3H3/b7-5+. The second kappa shape index (κ2) is 5.51. The quantitative estimate of drug-likeness (QED) is 0.387. The van der Waals surface area contributed by atoms with E-state index in [9.17, 15) is 10.1 Å². The van der Waals surface area contributed by atoms with E-state index in [-0.39, 0.29) is 0 Å². The molecule has 0 amide bonds. The third-order valence-electron chi connectivity index (χ3n) is 1.90. The molecule has 2 N–H and O–H groups in total. The molecular formula is C9H16N2O3. The molecule has 0 aromatic rings. The highest BCUT2D eigenvalue weighted by Gasteiger charge is 2.19. The summed E-state index contributed by atoms with van der Waals surface area (Å²) in [4.78, 5) is 9.91. The van der Waals surface area contributed by atoms with Gasteiger partial charge in [0.1, 0.15) is 0 Å². The molecule has 2 atom stereocenters. The first-order valence-corrected chi connectivity index (χ1v) is 4.30. The number of rotatable bonds is 6. The monoisotopic (exact) mass is 200 g/mol. The van der Waals surface area contributed by atoms with Crippen LogP contribution in [0.2, 0.25) is 0 Å². The van der Waals surface area contributed by atoms with E-state index in [1.807, 2.05) is 0 Å². The molecule has 0 radical (unpaired) electrons. The topological polar surface area (TPSA) is 75.4 Å². The van der Waals surface area contributed by atoms with E-state index in [2.05, 4.69) is 12.1 Å². The summed E-state index contributed by atoms with van der Waals surface area (Å²) in [5.41, 5.74) is 1.40. The summed E-state index contributed by atoms with van der Waals surface area (Å²) in [7, 11) is 0. The van der Waals surface area contributed by atoms with Crippen molar-refractivity contribution >= 4 is 0 Å². The number of hydroxylamine groups is 1. The van der Waals surface area contributed by atoms with Gasteiger partial charge >= 0.3 is 0 Å². The molecule has 0 aromatic heterocycles. The van der Waals surface area contributed by atoms with Crippen molar-refractivity contribution in [2.45, 2.75) is 31.8 Å². The first-order valence-electron chi connectivity index (χ1n) is 4.30. The van der Waals surface area contributed by atoms with Crippen LogP contribution in [0.15, 0.2) is 24.8 Å². The number of nitro groups is 1. The van der Waals surface area contributed by atoms with Crippen LogP contribution in [-0.4, -0.2) is 21.7 Å². The maximum absolute atomic E-state index is 10.3. The molecule has 0 saturated heterocycles. The SMILES string of the molecule is C=CCC(C)(/C=C/C(C)[N+](=O)[O-])NO. The summed E-state index contributed by atoms with van der Waals surface area (Å²) in [6.07, 6.45) is 5.13. The fraction of sp³-hybridized carbons (Fsp3) is 0.556. The number of hydrogen-bond acceptors (Lipinski definition) is 4. The summed E-state index contributed by atoms with van der Waals surface area (Å²) in [5, 5.41) is 19.2. The molecule has 2 unspecified atom stereocenters. The van der Waals surface area contributed by atoms with Crippen LogP contribution < -0.4 is 5.48 Å². The molecule has 0 aliphatic carbocycles. The second-order valence-electron chi connectivity index (χ2n) is 3.41. The lowest BCUT2D eigenvalue weighted by Gasteiger charge is -2.21. The Hall–Kier alpha value is -1.20. The first-order chi connectivity index (χ1) is 6.45. The van der Waals surface area contributed by atoms with Gasteiger partial charge in [-0.3, -0.25) is 10.1 Å². The lowest BCUT2D eigenvalue weighted by Crippen LogP contribution is -2.37. The molecule has 5 heteroatoms. The lowest BCUT2D eigenvalue weighted by atomic mass is 9.98. The molecule has 0 spiro atoms. The molecular weight excluding hydrogens is 184 g/mol. The van der Waals surface area contributed by atoms with Gasteiger partial charge in [-0.1, -0.05) is 12.2 Å². The Morgan fingerprint density at radius 3 is 2.71 bits per heavy atom. The van der Waals surface area contributed by atoms with E-state index in [1.54, 1.807) is 19.1 Å². The Balaban J connectivity index is 4.43. The molecule has 0 aliphatic heterocycles. The van der Waals surface area contributed by atoms with Gasteiger partial charge in [0.05, 0.1) is 5.54 Å². The fourth-order valence-corrected chi connectivity index (χ4v) is 0.873. The molecule has 0 aliphatic rings. The van der Waals surface area contributed by atoms with E-state index in [4.69, 9.17) is 5.21 Å². The molecule has 0 heterocycles. The zero-order chi connectivity index (χ0) is 11.2. The van der Waals surface area contributed by atoms with Gasteiger partial charge in [0.25, 0.3) is 0 Å². The van der Waals surface area contributed by atoms with Crippen LogP contribution in [-0.2, 0) is 0 Å². The van der Waals surface area contributed by atoms with Crippen molar-refractivity contribution in [2.24, 2.45) is 0 Å². The van der Waals surface area contributed by atoms with Gasteiger partial charge in [0.15, 0.2) is 0 Å². The molecule has 0 fully saturated rings. The zero-order valence-electron chi connectivity index (χ0n) is 8.43. The van der Waals surface area contributed by atoms with Crippen molar-refractivity contribution in [3.05, 3.63) is 34.9 Å². The minimum atomic E-state index is -0.757. The van der Waals surface area contributed by atoms with E-state index >= 15 is 0 Å². The zero-order valence-corrected chi connectivity index (χ0v) is 8.43. The molecule has 0 saturated carbocycles. The van der Waals surface area contributed by atoms with E-state index in [1.165, 1.54) is 13.0 Å². The highest BCUT2D eigenvalue weighted by molar-refractivity contribution is 5.06. The van der Waals surface area contributed by atoms with Gasteiger partial charge in [-0.2, -0.15) is 5.48 Å². The van der Waals surface area contributed by atoms with Crippen molar-refractivity contribution in [3.63, 3.8) is 0 Å². The van der Waals surface area contributed by atoms with Crippen molar-refractivity contribution in [3.8, 4) is 0 Å². The van der Waals surface area contributed by atoms with E-state index in [0.717, 1.165) is 0 Å². The number of nitrogens with one attached hydrogen (secondary N) is 1. The Labute approximate surface area is 83.2 Å². The maximum Gasteiger partial charge on any atom is 0.228 e. The Bertz CT molecular complexity index is 240. The largest absolute Gasteiger partial charge is 0.316 e. The third-order valence-corrected chi connectivity index (χ3v) is 1.90. The fourth-order valence-electron chi connectivity index (χ4n) is 0.873. The molecule has 14 heavy (non-hydrogen) atoms. The second-order valence-corrected chi connectivity index (χ2v) is 3.41. The van der Waals surface area contributed by atoms with Crippen molar-refractivity contribution < 1.29 is 10.1 Å². The predicted octanol–water partition coefficient (Wildman–Crippen LogP) is 1.52. The van der Waals surface area contributed by atoms with Crippen LogP contribution in [0.1, 0.15) is 20.3 Å². The average Bonchev–Trinajstić information content (AvgIpc) is 2.14. The third kappa shape index (κ3) is 4.15. The van der Waals surface area contributed by atoms with Crippen LogP contribution in [0, 0.1) is 10.1 Å². The van der Waals surface area contributed by atoms with Crippen molar-refractivity contribution in [2.75, 3.05) is 0 Å². The maximum atomic E-state index is 10.3. The van der Waals surface area contributed by atoms with Gasteiger partial charge in [-0.05, 0) is 19.4 Å². The normalized spacial score (nSPS) is 17.6. The summed E-state index contributed by atoms with van der Waals surface area (Å²) in [5.74, 6) is 0. The highest BCUT2D eigenvalue weighted by atomic mass is 16.6. The van der Waals surface area contributed by atoms with Gasteiger partial charge in [-0.25, -0.2) is 0 Å². The lowest BCUT2D eigenvalue weighted by molar-refractivity contribution is -0.504. The van der Waals surface area contributed by atoms with Crippen molar-refractivity contribution in [1.82, 2.24) is 5.48 Å². The smallest absolute Gasteiger partial charge is 0.228 e. The summed E-state index contributed by atoms with van der Waals surface area (Å²) in [6, 6.07) is -0.757. The molecule has 0 aromatic carbocycles. The van der Waals surface area contributed by atoms with Crippen LogP contribution in [0.5, 0.6) is 0 Å². The van der Waals surface area contributed by atoms with Crippen LogP contribution >= 0.6 is 0 Å². The van der Waals surface area contributed by atoms with Gasteiger partial charge in [0, 0.05) is 11.8 Å². The van der Waals surface area contributed by atoms with Gasteiger partial charge in [-0.15, -0.1) is 6.58 Å². The minimum absolute atomic E-state index is 0.401. The van der Waals surface area contributed by atoms with Crippen LogP contribution in [0.25, 0.3) is 0 Å². The van der Waals surface area contributed by atoms with Crippen molar-refractivity contribution in [1.29, 1.82) is 0 Å². The van der Waals surface area contributed by atoms with Gasteiger partial charge in [0.2, 0.25) is 6.04 Å².